The van der Waals surface area contributed by atoms with Gasteiger partial charge in [-0.05, 0) is 0 Å². The van der Waals surface area contributed by atoms with Crippen molar-refractivity contribution in [1.82, 2.24) is 0 Å². The van der Waals surface area contributed by atoms with Gasteiger partial charge in [0.25, 0.3) is 0 Å². The molecule has 2 N–H and O–H groups in total. The van der Waals surface area contributed by atoms with Crippen LogP contribution < -0.4 is 5.50 Å². The van der Waals surface area contributed by atoms with Gasteiger partial charge < -0.3 is 0 Å². The van der Waals surface area contributed by atoms with Crippen LogP contribution in [0.2, 0.25) is 0 Å². The third kappa shape index (κ3) is 5.85. The van der Waals surface area contributed by atoms with Crippen molar-refractivity contribution >= 4 is 14.7 Å². The molecule has 0 amide bonds. The predicted molar refractivity (Wildman–Crippen MR) is 153 cm³/mol. The second-order valence-electron chi connectivity index (χ2n) is 12.6. The fourth-order valence-electron chi connectivity index (χ4n) is 9.18. The van der Waals surface area contributed by atoms with Crippen LogP contribution in [0.3, 0.4) is 0 Å². The van der Waals surface area contributed by atoms with E-state index in [1.807, 2.05) is 0 Å². The van der Waals surface area contributed by atoms with E-state index < -0.39 is 14.7 Å². The average molecular weight is 482 g/mol. The first kappa shape index (κ1) is 25.6. The molecule has 4 fully saturated rings. The molecule has 0 saturated heterocycles. The number of rotatable bonds is 9. The monoisotopic (exact) mass is 481 g/mol. The Labute approximate surface area is 202 Å². The second kappa shape index (κ2) is 12.5. The van der Waals surface area contributed by atoms with Crippen molar-refractivity contribution in [1.29, 1.82) is 0 Å². The molecule has 4 aliphatic rings. The van der Waals surface area contributed by atoms with E-state index in [1.54, 1.807) is 6.16 Å². The summed E-state index contributed by atoms with van der Waals surface area (Å²) in [5, 5.41) is 0. The summed E-state index contributed by atoms with van der Waals surface area (Å²) >= 11 is 0. The number of nitrogens with two attached hydrogens (primary N) is 1. The zero-order chi connectivity index (χ0) is 22.3. The van der Waals surface area contributed by atoms with Crippen LogP contribution in [0.1, 0.15) is 135 Å². The van der Waals surface area contributed by atoms with Crippen LogP contribution >= 0.6 is 14.7 Å². The van der Waals surface area contributed by atoms with Crippen LogP contribution in [0, 0.1) is 0 Å². The summed E-state index contributed by atoms with van der Waals surface area (Å²) in [5.74, 6) is 2.65. The summed E-state index contributed by atoms with van der Waals surface area (Å²) in [4.78, 5) is 0. The summed E-state index contributed by atoms with van der Waals surface area (Å²) in [6.45, 7) is 4.62. The quantitative estimate of drug-likeness (QED) is 0.326. The van der Waals surface area contributed by atoms with E-state index in [-0.39, 0.29) is 0 Å². The van der Waals surface area contributed by atoms with Crippen molar-refractivity contribution in [2.75, 3.05) is 12.3 Å². The van der Waals surface area contributed by atoms with Gasteiger partial charge in [0.15, 0.2) is 0 Å². The van der Waals surface area contributed by atoms with Gasteiger partial charge in [0.05, 0.1) is 0 Å². The molecule has 0 aromatic heterocycles. The minimum absolute atomic E-state index is 0.948. The maximum absolute atomic E-state index is 7.70. The fourth-order valence-corrected chi connectivity index (χ4v) is 20.9. The molecule has 4 rings (SSSR count). The Bertz CT molecular complexity index is 516. The Morgan fingerprint density at radius 2 is 0.875 bits per heavy atom. The van der Waals surface area contributed by atoms with Crippen LogP contribution in [0.4, 0.5) is 0 Å². The Kier molecular flexibility index (Phi) is 10.0. The van der Waals surface area contributed by atoms with E-state index in [1.165, 1.54) is 141 Å². The molecule has 4 aliphatic carbocycles. The van der Waals surface area contributed by atoms with Crippen molar-refractivity contribution in [3.8, 4) is 0 Å². The SMILES string of the molecule is C=C[PH](CCC[PH](N)(C1CCCCC1)C1CCCCC1)(C1CCCCC1)C1CCCCC1. The molecule has 0 aliphatic heterocycles. The Hall–Kier alpha value is 0.560. The van der Waals surface area contributed by atoms with Crippen LogP contribution in [0.15, 0.2) is 12.4 Å². The topological polar surface area (TPSA) is 26.0 Å². The summed E-state index contributed by atoms with van der Waals surface area (Å²) in [6.07, 6.45) is 34.4. The van der Waals surface area contributed by atoms with E-state index in [2.05, 4.69) is 12.4 Å². The molecule has 0 heterocycles. The van der Waals surface area contributed by atoms with E-state index in [9.17, 15) is 0 Å². The van der Waals surface area contributed by atoms with Gasteiger partial charge in [0.1, 0.15) is 0 Å². The standard InChI is InChI=1S/C29H57NP2/c1-2-31(26-16-7-3-8-17-26,27-18-9-4-10-19-27)24-15-25-32(30,28-20-11-5-12-21-28)29-22-13-6-14-23-29/h2,26-29,31-32H,1,3-25,30H2. The average Bonchev–Trinajstić information content (AvgIpc) is 2.89. The Morgan fingerprint density at radius 1 is 0.531 bits per heavy atom. The molecule has 188 valence electrons. The van der Waals surface area contributed by atoms with Gasteiger partial charge in [-0.1, -0.05) is 0 Å². The molecular formula is C29H57NP2. The van der Waals surface area contributed by atoms with Crippen LogP contribution in [0.25, 0.3) is 0 Å². The van der Waals surface area contributed by atoms with Crippen molar-refractivity contribution in [2.24, 2.45) is 5.50 Å². The molecule has 3 heteroatoms. The molecule has 0 aromatic carbocycles. The molecule has 0 spiro atoms. The fraction of sp³-hybridized carbons (Fsp3) is 0.931. The molecule has 0 unspecified atom stereocenters. The maximum atomic E-state index is 7.70. The van der Waals surface area contributed by atoms with Crippen LogP contribution in [0.5, 0.6) is 0 Å². The zero-order valence-electron chi connectivity index (χ0n) is 21.4. The van der Waals surface area contributed by atoms with Gasteiger partial charge in [-0.3, -0.25) is 0 Å². The molecule has 1 nitrogen and oxygen atoms in total. The van der Waals surface area contributed by atoms with Gasteiger partial charge in [0, 0.05) is 0 Å². The van der Waals surface area contributed by atoms with Gasteiger partial charge in [-0.15, -0.1) is 0 Å². The first-order valence-corrected chi connectivity index (χ1v) is 20.0. The number of hydrogen-bond acceptors (Lipinski definition) is 1. The van der Waals surface area contributed by atoms with E-state index in [4.69, 9.17) is 5.50 Å². The third-order valence-corrected chi connectivity index (χ3v) is 22.6. The van der Waals surface area contributed by atoms with E-state index in [0.29, 0.717) is 0 Å². The summed E-state index contributed by atoms with van der Waals surface area (Å²) in [7, 11) is -3.11. The number of hydrogen-bond donors (Lipinski definition) is 1. The van der Waals surface area contributed by atoms with Crippen LogP contribution in [-0.4, -0.2) is 35.0 Å². The second-order valence-corrected chi connectivity index (χ2v) is 21.7. The normalized spacial score (nSPS) is 27.3. The van der Waals surface area contributed by atoms with Crippen LogP contribution in [-0.2, 0) is 0 Å². The first-order chi connectivity index (χ1) is 15.7. The van der Waals surface area contributed by atoms with E-state index >= 15 is 0 Å². The third-order valence-electron chi connectivity index (χ3n) is 11.1. The molecule has 0 atom stereocenters. The van der Waals surface area contributed by atoms with Crippen molar-refractivity contribution in [3.63, 3.8) is 0 Å². The molecule has 4 saturated carbocycles. The Balaban J connectivity index is 1.49. The van der Waals surface area contributed by atoms with E-state index in [0.717, 1.165) is 22.6 Å². The molecular weight excluding hydrogens is 424 g/mol. The van der Waals surface area contributed by atoms with Gasteiger partial charge >= 0.3 is 202 Å². The summed E-state index contributed by atoms with van der Waals surface area (Å²) in [6, 6.07) is 0. The Morgan fingerprint density at radius 3 is 1.22 bits per heavy atom. The van der Waals surface area contributed by atoms with Crippen molar-refractivity contribution in [2.45, 2.75) is 157 Å². The molecule has 0 radical (unpaired) electrons. The molecule has 0 bridgehead atoms. The molecule has 0 aromatic rings. The van der Waals surface area contributed by atoms with Gasteiger partial charge in [-0.2, -0.15) is 0 Å². The molecule has 32 heavy (non-hydrogen) atoms. The summed E-state index contributed by atoms with van der Waals surface area (Å²) in [5.41, 5.74) is 11.7. The zero-order valence-corrected chi connectivity index (χ0v) is 23.4. The van der Waals surface area contributed by atoms with Crippen molar-refractivity contribution in [3.05, 3.63) is 12.4 Å². The van der Waals surface area contributed by atoms with Gasteiger partial charge in [0.2, 0.25) is 0 Å². The van der Waals surface area contributed by atoms with Gasteiger partial charge in [-0.25, -0.2) is 0 Å². The summed E-state index contributed by atoms with van der Waals surface area (Å²) < 4.78 is 0. The minimum atomic E-state index is -1.67. The first-order valence-electron chi connectivity index (χ1n) is 15.1. The predicted octanol–water partition coefficient (Wildman–Crippen LogP) is 9.22. The van der Waals surface area contributed by atoms with Crippen molar-refractivity contribution < 1.29 is 0 Å².